The Labute approximate surface area is 221 Å². The predicted octanol–water partition coefficient (Wildman–Crippen LogP) is 5.73. The van der Waals surface area contributed by atoms with Crippen molar-refractivity contribution in [3.8, 4) is 17.2 Å². The summed E-state index contributed by atoms with van der Waals surface area (Å²) < 4.78 is 15.9. The topological polar surface area (TPSA) is 84.8 Å². The van der Waals surface area contributed by atoms with Gasteiger partial charge in [0, 0.05) is 37.6 Å². The number of anilines is 1. The van der Waals surface area contributed by atoms with Crippen LogP contribution in [-0.4, -0.2) is 67.5 Å². The number of halogens is 1. The SMILES string of the molecule is CCCSC1=NC2(CCN(C(=O)Nc3cc(Cl)c(OC)cc3OC)CC2)N=C1c1ccc(OC)cc1. The van der Waals surface area contributed by atoms with Gasteiger partial charge in [-0.1, -0.05) is 18.5 Å². The number of rotatable bonds is 7. The maximum Gasteiger partial charge on any atom is 0.321 e. The van der Waals surface area contributed by atoms with E-state index in [-0.39, 0.29) is 6.03 Å². The molecule has 2 aliphatic heterocycles. The highest BCUT2D eigenvalue weighted by Gasteiger charge is 2.40. The molecule has 0 aromatic heterocycles. The normalized spacial score (nSPS) is 16.4. The van der Waals surface area contributed by atoms with Gasteiger partial charge in [0.05, 0.1) is 37.8 Å². The molecule has 1 N–H and O–H groups in total. The Morgan fingerprint density at radius 1 is 1.06 bits per heavy atom. The Kier molecular flexibility index (Phi) is 8.31. The van der Waals surface area contributed by atoms with Gasteiger partial charge in [-0.15, -0.1) is 11.8 Å². The molecule has 8 nitrogen and oxygen atoms in total. The summed E-state index contributed by atoms with van der Waals surface area (Å²) in [7, 11) is 4.72. The van der Waals surface area contributed by atoms with Crippen molar-refractivity contribution in [1.29, 1.82) is 0 Å². The molecule has 2 amide bonds. The molecule has 2 aromatic carbocycles. The molecule has 0 saturated carbocycles. The lowest BCUT2D eigenvalue weighted by Crippen LogP contribution is -2.46. The number of urea groups is 1. The van der Waals surface area contributed by atoms with E-state index in [1.165, 1.54) is 14.2 Å². The van der Waals surface area contributed by atoms with E-state index in [0.717, 1.165) is 34.2 Å². The molecule has 0 bridgehead atoms. The van der Waals surface area contributed by atoms with Crippen molar-refractivity contribution in [1.82, 2.24) is 4.90 Å². The van der Waals surface area contributed by atoms with Crippen molar-refractivity contribution in [3.63, 3.8) is 0 Å². The first-order valence-corrected chi connectivity index (χ1v) is 13.2. The minimum absolute atomic E-state index is 0.216. The Hall–Kier alpha value is -2.91. The quantitative estimate of drug-likeness (QED) is 0.494. The van der Waals surface area contributed by atoms with Gasteiger partial charge >= 0.3 is 6.03 Å². The first kappa shape index (κ1) is 26.2. The molecular weight excluding hydrogens is 500 g/mol. The second-order valence-electron chi connectivity index (χ2n) is 8.54. The molecule has 10 heteroatoms. The van der Waals surface area contributed by atoms with Crippen LogP contribution in [-0.2, 0) is 0 Å². The molecule has 0 radical (unpaired) electrons. The predicted molar refractivity (Wildman–Crippen MR) is 147 cm³/mol. The highest BCUT2D eigenvalue weighted by molar-refractivity contribution is 8.15. The molecule has 1 saturated heterocycles. The number of hydrogen-bond acceptors (Lipinski definition) is 7. The van der Waals surface area contributed by atoms with Gasteiger partial charge in [-0.2, -0.15) is 0 Å². The number of aliphatic imine (C=N–C) groups is 2. The number of thioether (sulfide) groups is 1. The van der Waals surface area contributed by atoms with Crippen LogP contribution in [0, 0.1) is 0 Å². The van der Waals surface area contributed by atoms with Crippen molar-refractivity contribution in [2.24, 2.45) is 9.98 Å². The van der Waals surface area contributed by atoms with Gasteiger partial charge < -0.3 is 24.4 Å². The average Bonchev–Trinajstić information content (AvgIpc) is 3.25. The molecule has 0 atom stereocenters. The van der Waals surface area contributed by atoms with E-state index in [9.17, 15) is 4.79 Å². The van der Waals surface area contributed by atoms with Gasteiger partial charge in [0.2, 0.25) is 0 Å². The molecule has 1 spiro atoms. The third-order valence-electron chi connectivity index (χ3n) is 6.21. The van der Waals surface area contributed by atoms with Crippen LogP contribution in [0.4, 0.5) is 10.5 Å². The Morgan fingerprint density at radius 2 is 1.75 bits per heavy atom. The summed E-state index contributed by atoms with van der Waals surface area (Å²) in [5.41, 5.74) is 1.90. The summed E-state index contributed by atoms with van der Waals surface area (Å²) in [5.74, 6) is 2.74. The highest BCUT2D eigenvalue weighted by atomic mass is 35.5. The summed E-state index contributed by atoms with van der Waals surface area (Å²) >= 11 is 8.00. The maximum absolute atomic E-state index is 13.1. The third-order valence-corrected chi connectivity index (χ3v) is 7.67. The van der Waals surface area contributed by atoms with Crippen molar-refractivity contribution >= 4 is 45.8 Å². The minimum Gasteiger partial charge on any atom is -0.497 e. The molecule has 1 fully saturated rings. The van der Waals surface area contributed by atoms with Crippen LogP contribution in [0.15, 0.2) is 46.4 Å². The molecule has 0 aliphatic carbocycles. The van der Waals surface area contributed by atoms with Crippen molar-refractivity contribution in [3.05, 3.63) is 47.0 Å². The molecule has 0 unspecified atom stereocenters. The number of hydrogen-bond donors (Lipinski definition) is 1. The number of likely N-dealkylation sites (tertiary alicyclic amines) is 1. The monoisotopic (exact) mass is 530 g/mol. The van der Waals surface area contributed by atoms with Crippen LogP contribution in [0.5, 0.6) is 17.2 Å². The fourth-order valence-electron chi connectivity index (χ4n) is 4.20. The van der Waals surface area contributed by atoms with E-state index < -0.39 is 5.66 Å². The molecule has 2 heterocycles. The number of benzene rings is 2. The molecule has 36 heavy (non-hydrogen) atoms. The zero-order valence-electron chi connectivity index (χ0n) is 21.0. The van der Waals surface area contributed by atoms with Gasteiger partial charge in [0.25, 0.3) is 0 Å². The lowest BCUT2D eigenvalue weighted by atomic mass is 9.98. The van der Waals surface area contributed by atoms with Crippen LogP contribution in [0.2, 0.25) is 5.02 Å². The second kappa shape index (κ2) is 11.4. The fourth-order valence-corrected chi connectivity index (χ4v) is 5.38. The fraction of sp³-hybridized carbons (Fsp3) is 0.423. The van der Waals surface area contributed by atoms with E-state index in [1.54, 1.807) is 35.9 Å². The third kappa shape index (κ3) is 5.57. The highest BCUT2D eigenvalue weighted by Crippen LogP contribution is 2.38. The van der Waals surface area contributed by atoms with E-state index in [1.807, 2.05) is 24.3 Å². The van der Waals surface area contributed by atoms with Crippen LogP contribution in [0.25, 0.3) is 0 Å². The van der Waals surface area contributed by atoms with E-state index in [4.69, 9.17) is 35.8 Å². The van der Waals surface area contributed by atoms with E-state index >= 15 is 0 Å². The van der Waals surface area contributed by atoms with E-state index in [2.05, 4.69) is 12.2 Å². The lowest BCUT2D eigenvalue weighted by Gasteiger charge is -2.35. The second-order valence-corrected chi connectivity index (χ2v) is 10.0. The number of carbonyl (C=O) groups excluding carboxylic acids is 1. The van der Waals surface area contributed by atoms with Gasteiger partial charge in [-0.3, -0.25) is 4.99 Å². The van der Waals surface area contributed by atoms with Crippen molar-refractivity contribution in [2.45, 2.75) is 31.8 Å². The summed E-state index contributed by atoms with van der Waals surface area (Å²) in [4.78, 5) is 25.0. The van der Waals surface area contributed by atoms with Gasteiger partial charge in [-0.05, 0) is 42.5 Å². The van der Waals surface area contributed by atoms with Crippen molar-refractivity contribution < 1.29 is 19.0 Å². The molecule has 4 rings (SSSR count). The van der Waals surface area contributed by atoms with Crippen LogP contribution < -0.4 is 19.5 Å². The molecule has 2 aromatic rings. The lowest BCUT2D eigenvalue weighted by molar-refractivity contribution is 0.175. The summed E-state index contributed by atoms with van der Waals surface area (Å²) in [6.45, 7) is 3.23. The van der Waals surface area contributed by atoms with Gasteiger partial charge in [-0.25, -0.2) is 9.79 Å². The largest absolute Gasteiger partial charge is 0.497 e. The number of ether oxygens (including phenoxy) is 3. The first-order valence-electron chi connectivity index (χ1n) is 11.9. The summed E-state index contributed by atoms with van der Waals surface area (Å²) in [5, 5.41) is 4.28. The summed E-state index contributed by atoms with van der Waals surface area (Å²) in [6.07, 6.45) is 2.35. The number of nitrogens with zero attached hydrogens (tertiary/aromatic N) is 3. The van der Waals surface area contributed by atoms with Crippen LogP contribution in [0.1, 0.15) is 31.7 Å². The van der Waals surface area contributed by atoms with Gasteiger partial charge in [0.15, 0.2) is 5.66 Å². The number of piperidine rings is 1. The molecular formula is C26H31ClN4O4S. The number of nitrogens with one attached hydrogen (secondary N) is 1. The number of carbonyl (C=O) groups is 1. The zero-order chi connectivity index (χ0) is 25.7. The number of amides is 2. The van der Waals surface area contributed by atoms with E-state index in [0.29, 0.717) is 48.1 Å². The van der Waals surface area contributed by atoms with Gasteiger partial charge in [0.1, 0.15) is 22.3 Å². The maximum atomic E-state index is 13.1. The molecule has 2 aliphatic rings. The van der Waals surface area contributed by atoms with Crippen LogP contribution >= 0.6 is 23.4 Å². The standard InChI is InChI=1S/C26H31ClN4O4S/c1-5-14-36-24-23(17-6-8-18(33-2)9-7-17)29-26(30-24)10-12-31(13-11-26)25(32)28-20-15-19(27)21(34-3)16-22(20)35-4/h6-9,15-16H,5,10-14H2,1-4H3,(H,28,32). The first-order chi connectivity index (χ1) is 17.4. The zero-order valence-corrected chi connectivity index (χ0v) is 22.5. The van der Waals surface area contributed by atoms with Crippen molar-refractivity contribution in [2.75, 3.05) is 45.5 Å². The summed E-state index contributed by atoms with van der Waals surface area (Å²) in [6, 6.07) is 11.0. The Balaban J connectivity index is 1.48. The minimum atomic E-state index is -0.538. The molecule has 192 valence electrons. The Bertz CT molecular complexity index is 1160. The number of methoxy groups -OCH3 is 3. The average molecular weight is 531 g/mol. The Morgan fingerprint density at radius 3 is 2.36 bits per heavy atom. The smallest absolute Gasteiger partial charge is 0.321 e. The van der Waals surface area contributed by atoms with Crippen LogP contribution in [0.3, 0.4) is 0 Å².